The first-order valence-electron chi connectivity index (χ1n) is 6.81. The fourth-order valence-corrected chi connectivity index (χ4v) is 3.55. The molecule has 1 heterocycles. The molecule has 4 nitrogen and oxygen atoms in total. The van der Waals surface area contributed by atoms with E-state index in [1.54, 1.807) is 12.1 Å². The lowest BCUT2D eigenvalue weighted by molar-refractivity contribution is 0.0698. The van der Waals surface area contributed by atoms with Crippen molar-refractivity contribution in [1.29, 1.82) is 0 Å². The summed E-state index contributed by atoms with van der Waals surface area (Å²) in [7, 11) is 0. The quantitative estimate of drug-likeness (QED) is 0.912. The fraction of sp³-hybridized carbons (Fsp3) is 0.250. The number of anilines is 1. The van der Waals surface area contributed by atoms with Crippen molar-refractivity contribution >= 4 is 28.2 Å². The molecule has 0 spiro atoms. The van der Waals surface area contributed by atoms with Crippen LogP contribution in [0.3, 0.4) is 0 Å². The predicted molar refractivity (Wildman–Crippen MR) is 82.4 cm³/mol. The highest BCUT2D eigenvalue weighted by Gasteiger charge is 2.18. The number of carbonyl (C=O) groups is 2. The van der Waals surface area contributed by atoms with Gasteiger partial charge in [0.2, 0.25) is 0 Å². The van der Waals surface area contributed by atoms with Crippen molar-refractivity contribution in [3.8, 4) is 0 Å². The van der Waals surface area contributed by atoms with Gasteiger partial charge in [0.15, 0.2) is 0 Å². The summed E-state index contributed by atoms with van der Waals surface area (Å²) < 4.78 is 0. The van der Waals surface area contributed by atoms with Gasteiger partial charge in [0, 0.05) is 10.4 Å². The number of fused-ring (bicyclic) bond motifs is 1. The zero-order chi connectivity index (χ0) is 15.0. The SMILES string of the molecule is Cc1cc(C(=O)O)c(NC(=O)c2ccc3c(c2)CCC3)s1. The summed E-state index contributed by atoms with van der Waals surface area (Å²) in [5, 5.41) is 12.3. The molecule has 1 aliphatic rings. The maximum atomic E-state index is 12.3. The molecule has 1 aromatic heterocycles. The van der Waals surface area contributed by atoms with Gasteiger partial charge in [-0.05, 0) is 55.5 Å². The van der Waals surface area contributed by atoms with Crippen molar-refractivity contribution in [3.63, 3.8) is 0 Å². The minimum atomic E-state index is -1.02. The second-order valence-electron chi connectivity index (χ2n) is 5.20. The topological polar surface area (TPSA) is 66.4 Å². The van der Waals surface area contributed by atoms with E-state index in [2.05, 4.69) is 5.32 Å². The average Bonchev–Trinajstić information content (AvgIpc) is 3.04. The van der Waals surface area contributed by atoms with Gasteiger partial charge in [0.05, 0.1) is 5.56 Å². The van der Waals surface area contributed by atoms with Gasteiger partial charge >= 0.3 is 5.97 Å². The van der Waals surface area contributed by atoms with E-state index in [1.807, 2.05) is 19.1 Å². The molecule has 3 rings (SSSR count). The highest BCUT2D eigenvalue weighted by molar-refractivity contribution is 7.16. The number of amides is 1. The molecule has 5 heteroatoms. The first kappa shape index (κ1) is 13.8. The summed E-state index contributed by atoms with van der Waals surface area (Å²) in [4.78, 5) is 24.3. The molecule has 21 heavy (non-hydrogen) atoms. The van der Waals surface area contributed by atoms with Crippen molar-refractivity contribution < 1.29 is 14.7 Å². The summed E-state index contributed by atoms with van der Waals surface area (Å²) in [5.41, 5.74) is 3.26. The lowest BCUT2D eigenvalue weighted by atomic mass is 10.1. The molecule has 108 valence electrons. The van der Waals surface area contributed by atoms with Crippen LogP contribution in [0.4, 0.5) is 5.00 Å². The van der Waals surface area contributed by atoms with Crippen LogP contribution in [0.1, 0.15) is 43.1 Å². The monoisotopic (exact) mass is 301 g/mol. The molecule has 2 aromatic rings. The Labute approximate surface area is 126 Å². The minimum Gasteiger partial charge on any atom is -0.478 e. The van der Waals surface area contributed by atoms with E-state index < -0.39 is 5.97 Å². The van der Waals surface area contributed by atoms with Crippen molar-refractivity contribution in [2.45, 2.75) is 26.2 Å². The van der Waals surface area contributed by atoms with E-state index in [0.29, 0.717) is 10.6 Å². The van der Waals surface area contributed by atoms with Crippen LogP contribution in [0, 0.1) is 6.92 Å². The zero-order valence-electron chi connectivity index (χ0n) is 11.6. The molecule has 1 amide bonds. The Kier molecular flexibility index (Phi) is 3.51. The highest BCUT2D eigenvalue weighted by Crippen LogP contribution is 2.29. The largest absolute Gasteiger partial charge is 0.478 e. The summed E-state index contributed by atoms with van der Waals surface area (Å²) in [5.74, 6) is -1.28. The van der Waals surface area contributed by atoms with Crippen molar-refractivity contribution in [3.05, 3.63) is 51.4 Å². The molecule has 0 bridgehead atoms. The lowest BCUT2D eigenvalue weighted by Gasteiger charge is -2.06. The number of rotatable bonds is 3. The van der Waals surface area contributed by atoms with Gasteiger partial charge in [-0.3, -0.25) is 4.79 Å². The van der Waals surface area contributed by atoms with Gasteiger partial charge < -0.3 is 10.4 Å². The number of nitrogens with one attached hydrogen (secondary N) is 1. The Hall–Kier alpha value is -2.14. The molecule has 0 aliphatic heterocycles. The maximum Gasteiger partial charge on any atom is 0.338 e. The molecule has 0 atom stereocenters. The predicted octanol–water partition coefficient (Wildman–Crippen LogP) is 3.50. The Morgan fingerprint density at radius 1 is 1.19 bits per heavy atom. The number of aryl methyl sites for hydroxylation is 3. The standard InChI is InChI=1S/C16H15NO3S/c1-9-7-13(16(19)20)15(21-9)17-14(18)12-6-5-10-3-2-4-11(10)8-12/h5-8H,2-4H2,1H3,(H,17,18)(H,19,20). The first-order valence-corrected chi connectivity index (χ1v) is 7.63. The van der Waals surface area contributed by atoms with Gasteiger partial charge in [-0.15, -0.1) is 11.3 Å². The number of carboxylic acid groups (broad SMARTS) is 1. The number of carbonyl (C=O) groups excluding carboxylic acids is 1. The second kappa shape index (κ2) is 5.33. The highest BCUT2D eigenvalue weighted by atomic mass is 32.1. The van der Waals surface area contributed by atoms with E-state index in [4.69, 9.17) is 5.11 Å². The Morgan fingerprint density at radius 3 is 2.71 bits per heavy atom. The average molecular weight is 301 g/mol. The summed E-state index contributed by atoms with van der Waals surface area (Å²) in [6, 6.07) is 7.29. The third kappa shape index (κ3) is 2.69. The van der Waals surface area contributed by atoms with Crippen LogP contribution < -0.4 is 5.32 Å². The van der Waals surface area contributed by atoms with Gasteiger partial charge in [-0.1, -0.05) is 6.07 Å². The van der Waals surface area contributed by atoms with Gasteiger partial charge in [-0.25, -0.2) is 4.79 Å². The van der Waals surface area contributed by atoms with Crippen molar-refractivity contribution in [1.82, 2.24) is 0 Å². The molecular formula is C16H15NO3S. The summed E-state index contributed by atoms with van der Waals surface area (Å²) in [6.07, 6.45) is 3.22. The Morgan fingerprint density at radius 2 is 1.95 bits per heavy atom. The Bertz CT molecular complexity index is 733. The van der Waals surface area contributed by atoms with Crippen LogP contribution in [0.5, 0.6) is 0 Å². The van der Waals surface area contributed by atoms with Gasteiger partial charge in [0.25, 0.3) is 5.91 Å². The number of carboxylic acids is 1. The van der Waals surface area contributed by atoms with E-state index in [-0.39, 0.29) is 11.5 Å². The first-order chi connectivity index (χ1) is 10.0. The molecule has 0 fully saturated rings. The second-order valence-corrected chi connectivity index (χ2v) is 6.45. The molecule has 2 N–H and O–H groups in total. The lowest BCUT2D eigenvalue weighted by Crippen LogP contribution is -2.13. The zero-order valence-corrected chi connectivity index (χ0v) is 12.4. The molecule has 1 aliphatic carbocycles. The third-order valence-corrected chi connectivity index (χ3v) is 4.64. The van der Waals surface area contributed by atoms with Crippen LogP contribution in [0.2, 0.25) is 0 Å². The number of aromatic carboxylic acids is 1. The van der Waals surface area contributed by atoms with Crippen LogP contribution in [0.15, 0.2) is 24.3 Å². The number of thiophene rings is 1. The van der Waals surface area contributed by atoms with E-state index in [9.17, 15) is 9.59 Å². The fourth-order valence-electron chi connectivity index (χ4n) is 2.65. The van der Waals surface area contributed by atoms with Crippen molar-refractivity contribution in [2.24, 2.45) is 0 Å². The van der Waals surface area contributed by atoms with Gasteiger partial charge in [-0.2, -0.15) is 0 Å². The van der Waals surface area contributed by atoms with E-state index in [0.717, 1.165) is 24.1 Å². The van der Waals surface area contributed by atoms with Gasteiger partial charge in [0.1, 0.15) is 5.00 Å². The summed E-state index contributed by atoms with van der Waals surface area (Å²) >= 11 is 1.28. The normalized spacial score (nSPS) is 13.0. The van der Waals surface area contributed by atoms with Crippen LogP contribution in [-0.2, 0) is 12.8 Å². The number of hydrogen-bond donors (Lipinski definition) is 2. The molecule has 0 saturated carbocycles. The van der Waals surface area contributed by atoms with Crippen LogP contribution in [-0.4, -0.2) is 17.0 Å². The van der Waals surface area contributed by atoms with Crippen molar-refractivity contribution in [2.75, 3.05) is 5.32 Å². The minimum absolute atomic E-state index is 0.145. The smallest absolute Gasteiger partial charge is 0.338 e. The molecule has 0 radical (unpaired) electrons. The Balaban J connectivity index is 1.85. The molecule has 0 saturated heterocycles. The third-order valence-electron chi connectivity index (χ3n) is 3.67. The van der Waals surface area contributed by atoms with Crippen LogP contribution >= 0.6 is 11.3 Å². The number of benzene rings is 1. The maximum absolute atomic E-state index is 12.3. The molecule has 1 aromatic carbocycles. The van der Waals surface area contributed by atoms with E-state index >= 15 is 0 Å². The summed E-state index contributed by atoms with van der Waals surface area (Å²) in [6.45, 7) is 1.82. The molecular weight excluding hydrogens is 286 g/mol. The van der Waals surface area contributed by atoms with E-state index in [1.165, 1.54) is 22.5 Å². The van der Waals surface area contributed by atoms with Crippen LogP contribution in [0.25, 0.3) is 0 Å². The molecule has 0 unspecified atom stereocenters. The number of hydrogen-bond acceptors (Lipinski definition) is 3.